The number of sulfonamides is 1. The van der Waals surface area contributed by atoms with Crippen LogP contribution in [0.3, 0.4) is 0 Å². The maximum atomic E-state index is 12.1. The van der Waals surface area contributed by atoms with Gasteiger partial charge in [-0.15, -0.1) is 0 Å². The van der Waals surface area contributed by atoms with Crippen molar-refractivity contribution in [2.45, 2.75) is 14.7 Å². The number of anilines is 1. The van der Waals surface area contributed by atoms with Gasteiger partial charge in [0.2, 0.25) is 10.0 Å². The Labute approximate surface area is 128 Å². The highest BCUT2D eigenvalue weighted by atomic mass is 32.2. The molecule has 2 rings (SSSR count). The highest BCUT2D eigenvalue weighted by Crippen LogP contribution is 2.35. The highest BCUT2D eigenvalue weighted by molar-refractivity contribution is 8.00. The molecule has 0 saturated heterocycles. The molecule has 21 heavy (non-hydrogen) atoms. The average molecular weight is 324 g/mol. The zero-order valence-electron chi connectivity index (χ0n) is 11.7. The summed E-state index contributed by atoms with van der Waals surface area (Å²) in [4.78, 5) is 1.65. The van der Waals surface area contributed by atoms with Gasteiger partial charge in [0.25, 0.3) is 0 Å². The van der Waals surface area contributed by atoms with Gasteiger partial charge in [-0.05, 0) is 43.4 Å². The van der Waals surface area contributed by atoms with E-state index in [2.05, 4.69) is 4.72 Å². The summed E-state index contributed by atoms with van der Waals surface area (Å²) in [5, 5.41) is 0. The lowest BCUT2D eigenvalue weighted by Gasteiger charge is -2.11. The molecule has 7 heteroatoms. The van der Waals surface area contributed by atoms with Gasteiger partial charge in [0.15, 0.2) is 0 Å². The number of nitrogens with two attached hydrogens (primary N) is 1. The highest BCUT2D eigenvalue weighted by Gasteiger charge is 2.18. The van der Waals surface area contributed by atoms with Crippen LogP contribution in [0, 0.1) is 0 Å². The quantitative estimate of drug-likeness (QED) is 0.825. The fraction of sp³-hybridized carbons (Fsp3) is 0.143. The van der Waals surface area contributed by atoms with Gasteiger partial charge in [-0.25, -0.2) is 13.1 Å². The molecular formula is C14H16N2O3S2. The molecule has 112 valence electrons. The third-order valence-corrected chi connectivity index (χ3v) is 5.44. The van der Waals surface area contributed by atoms with Crippen molar-refractivity contribution in [1.82, 2.24) is 4.72 Å². The maximum absolute atomic E-state index is 12.1. The molecule has 0 radical (unpaired) electrons. The third kappa shape index (κ3) is 3.69. The van der Waals surface area contributed by atoms with E-state index in [1.165, 1.54) is 24.9 Å². The second kappa shape index (κ2) is 6.38. The zero-order chi connectivity index (χ0) is 15.5. The monoisotopic (exact) mass is 324 g/mol. The molecule has 0 unspecified atom stereocenters. The molecule has 0 aliphatic heterocycles. The van der Waals surface area contributed by atoms with Crippen LogP contribution in [0.5, 0.6) is 5.75 Å². The number of ether oxygens (including phenoxy) is 1. The molecule has 0 fully saturated rings. The molecule has 0 aliphatic carbocycles. The lowest BCUT2D eigenvalue weighted by atomic mass is 10.3. The molecule has 2 aromatic carbocycles. The Kier molecular flexibility index (Phi) is 4.76. The molecule has 0 atom stereocenters. The smallest absolute Gasteiger partial charge is 0.241 e. The zero-order valence-corrected chi connectivity index (χ0v) is 13.3. The van der Waals surface area contributed by atoms with Crippen molar-refractivity contribution < 1.29 is 13.2 Å². The molecule has 0 aromatic heterocycles. The molecule has 0 saturated carbocycles. The minimum absolute atomic E-state index is 0.165. The van der Waals surface area contributed by atoms with E-state index in [1.807, 2.05) is 24.3 Å². The van der Waals surface area contributed by atoms with E-state index in [0.717, 1.165) is 4.90 Å². The van der Waals surface area contributed by atoms with Crippen molar-refractivity contribution in [2.24, 2.45) is 0 Å². The van der Waals surface area contributed by atoms with Gasteiger partial charge in [0.1, 0.15) is 5.75 Å². The summed E-state index contributed by atoms with van der Waals surface area (Å²) in [5.41, 5.74) is 6.10. The Morgan fingerprint density at radius 1 is 1.19 bits per heavy atom. The van der Waals surface area contributed by atoms with Gasteiger partial charge in [-0.3, -0.25) is 0 Å². The minimum atomic E-state index is -3.57. The predicted molar refractivity (Wildman–Crippen MR) is 84.2 cm³/mol. The lowest BCUT2D eigenvalue weighted by molar-refractivity contribution is 0.413. The Bertz CT molecular complexity index is 746. The molecule has 0 bridgehead atoms. The Hall–Kier alpha value is -1.70. The first kappa shape index (κ1) is 15.7. The van der Waals surface area contributed by atoms with Gasteiger partial charge in [0.05, 0.1) is 12.0 Å². The van der Waals surface area contributed by atoms with Crippen LogP contribution in [0.15, 0.2) is 57.2 Å². The Morgan fingerprint density at radius 3 is 2.62 bits per heavy atom. The van der Waals surface area contributed by atoms with Gasteiger partial charge < -0.3 is 10.5 Å². The van der Waals surface area contributed by atoms with Gasteiger partial charge >= 0.3 is 0 Å². The SMILES string of the molecule is CNS(=O)(=O)c1cc(N)ccc1Sc1cccc(OC)c1. The number of rotatable bonds is 5. The molecule has 2 aromatic rings. The second-order valence-electron chi connectivity index (χ2n) is 4.19. The van der Waals surface area contributed by atoms with E-state index in [0.29, 0.717) is 16.3 Å². The van der Waals surface area contributed by atoms with E-state index in [9.17, 15) is 8.42 Å². The van der Waals surface area contributed by atoms with Gasteiger partial charge in [-0.1, -0.05) is 17.8 Å². The molecule has 0 spiro atoms. The number of hydrogen-bond acceptors (Lipinski definition) is 5. The van der Waals surface area contributed by atoms with Crippen molar-refractivity contribution in [2.75, 3.05) is 19.9 Å². The number of nitrogen functional groups attached to an aromatic ring is 1. The summed E-state index contributed by atoms with van der Waals surface area (Å²) < 4.78 is 31.6. The fourth-order valence-electron chi connectivity index (χ4n) is 1.72. The maximum Gasteiger partial charge on any atom is 0.241 e. The third-order valence-electron chi connectivity index (χ3n) is 2.80. The van der Waals surface area contributed by atoms with Crippen molar-refractivity contribution in [3.63, 3.8) is 0 Å². The summed E-state index contributed by atoms with van der Waals surface area (Å²) in [7, 11) is -0.608. The van der Waals surface area contributed by atoms with Gasteiger partial charge in [-0.2, -0.15) is 0 Å². The largest absolute Gasteiger partial charge is 0.497 e. The van der Waals surface area contributed by atoms with E-state index in [-0.39, 0.29) is 4.90 Å². The van der Waals surface area contributed by atoms with E-state index in [1.54, 1.807) is 19.2 Å². The molecular weight excluding hydrogens is 308 g/mol. The summed E-state index contributed by atoms with van der Waals surface area (Å²) in [6.07, 6.45) is 0. The Morgan fingerprint density at radius 2 is 1.95 bits per heavy atom. The number of benzene rings is 2. The second-order valence-corrected chi connectivity index (χ2v) is 7.17. The number of nitrogens with one attached hydrogen (secondary N) is 1. The number of hydrogen-bond donors (Lipinski definition) is 2. The first-order valence-corrected chi connectivity index (χ1v) is 8.41. The summed E-state index contributed by atoms with van der Waals surface area (Å²) in [6.45, 7) is 0. The topological polar surface area (TPSA) is 81.4 Å². The van der Waals surface area contributed by atoms with Crippen LogP contribution in [0.2, 0.25) is 0 Å². The predicted octanol–water partition coefficient (Wildman–Crippen LogP) is 2.34. The molecule has 5 nitrogen and oxygen atoms in total. The van der Waals surface area contributed by atoms with Crippen LogP contribution in [0.25, 0.3) is 0 Å². The van der Waals surface area contributed by atoms with Crippen LogP contribution in [0.4, 0.5) is 5.69 Å². The van der Waals surface area contributed by atoms with Crippen molar-refractivity contribution in [3.8, 4) is 5.75 Å². The minimum Gasteiger partial charge on any atom is -0.497 e. The molecule has 0 amide bonds. The first-order valence-electron chi connectivity index (χ1n) is 6.11. The van der Waals surface area contributed by atoms with Crippen LogP contribution >= 0.6 is 11.8 Å². The van der Waals surface area contributed by atoms with Crippen LogP contribution in [-0.4, -0.2) is 22.6 Å². The standard InChI is InChI=1S/C14H16N2O3S2/c1-16-21(17,18)14-8-10(15)6-7-13(14)20-12-5-3-4-11(9-12)19-2/h3-9,16H,15H2,1-2H3. The summed E-state index contributed by atoms with van der Waals surface area (Å²) >= 11 is 1.34. The lowest BCUT2D eigenvalue weighted by Crippen LogP contribution is -2.19. The van der Waals surface area contributed by atoms with E-state index in [4.69, 9.17) is 10.5 Å². The van der Waals surface area contributed by atoms with Crippen LogP contribution in [-0.2, 0) is 10.0 Å². The van der Waals surface area contributed by atoms with Crippen LogP contribution < -0.4 is 15.2 Å². The first-order chi connectivity index (χ1) is 9.96. The van der Waals surface area contributed by atoms with E-state index < -0.39 is 10.0 Å². The van der Waals surface area contributed by atoms with E-state index >= 15 is 0 Å². The van der Waals surface area contributed by atoms with Crippen LogP contribution in [0.1, 0.15) is 0 Å². The molecule has 0 heterocycles. The normalized spacial score (nSPS) is 11.3. The van der Waals surface area contributed by atoms with Gasteiger partial charge in [0, 0.05) is 15.5 Å². The fourth-order valence-corrected chi connectivity index (χ4v) is 3.89. The molecule has 3 N–H and O–H groups in total. The van der Waals surface area contributed by atoms with Crippen molar-refractivity contribution in [3.05, 3.63) is 42.5 Å². The summed E-state index contributed by atoms with van der Waals surface area (Å²) in [5.74, 6) is 0.716. The average Bonchev–Trinajstić information content (AvgIpc) is 2.49. The number of methoxy groups -OCH3 is 1. The summed E-state index contributed by atoms with van der Waals surface area (Å²) in [6, 6.07) is 12.2. The molecule has 0 aliphatic rings. The van der Waals surface area contributed by atoms with Crippen molar-refractivity contribution >= 4 is 27.5 Å². The Balaban J connectivity index is 2.44. The van der Waals surface area contributed by atoms with Crippen molar-refractivity contribution in [1.29, 1.82) is 0 Å².